The van der Waals surface area contributed by atoms with Gasteiger partial charge in [0, 0.05) is 18.1 Å². The molecule has 0 saturated carbocycles. The van der Waals surface area contributed by atoms with Gasteiger partial charge >= 0.3 is 0 Å². The smallest absolute Gasteiger partial charge is 0.0556 e. The van der Waals surface area contributed by atoms with E-state index in [1.165, 1.54) is 19.4 Å². The van der Waals surface area contributed by atoms with Crippen LogP contribution in [0.4, 0.5) is 0 Å². The molecule has 0 aromatic heterocycles. The van der Waals surface area contributed by atoms with E-state index >= 15 is 0 Å². The van der Waals surface area contributed by atoms with Crippen LogP contribution >= 0.6 is 0 Å². The third-order valence-corrected chi connectivity index (χ3v) is 4.26. The Morgan fingerprint density at radius 1 is 1.31 bits per heavy atom. The number of β-amino-alcohol motifs (C(OH)–C–C–N with tert-alkyl or cyclic N) is 1. The fourth-order valence-electron chi connectivity index (χ4n) is 3.22. The molecule has 1 aliphatic heterocycles. The van der Waals surface area contributed by atoms with Gasteiger partial charge in [-0.1, -0.05) is 20.8 Å². The molecule has 1 unspecified atom stereocenters. The molecule has 1 saturated heterocycles. The molecule has 1 rings (SSSR count). The second kappa shape index (κ2) is 6.58. The molecule has 0 aromatic rings. The highest BCUT2D eigenvalue weighted by molar-refractivity contribution is 5.00. The summed E-state index contributed by atoms with van der Waals surface area (Å²) >= 11 is 0. The minimum atomic E-state index is 0.204. The molecule has 96 valence electrons. The number of likely N-dealkylation sites (N-methyl/N-ethyl adjacent to an activating group) is 1. The summed E-state index contributed by atoms with van der Waals surface area (Å²) in [5, 5.41) is 12.6. The molecular weight excluding hydrogens is 200 g/mol. The molecule has 0 aromatic carbocycles. The Hall–Kier alpha value is -0.120. The van der Waals surface area contributed by atoms with Gasteiger partial charge in [0.2, 0.25) is 0 Å². The molecule has 2 N–H and O–H groups in total. The molecule has 0 radical (unpaired) electrons. The molecule has 1 heterocycles. The Kier molecular flexibility index (Phi) is 5.73. The molecule has 0 spiro atoms. The van der Waals surface area contributed by atoms with Crippen molar-refractivity contribution in [3.63, 3.8) is 0 Å². The maximum absolute atomic E-state index is 9.01. The van der Waals surface area contributed by atoms with Crippen LogP contribution in [0.15, 0.2) is 0 Å². The SMILES string of the molecule is CCN1CCCC1C(CC)(CC)NCCO. The fraction of sp³-hybridized carbons (Fsp3) is 1.00. The topological polar surface area (TPSA) is 35.5 Å². The first kappa shape index (κ1) is 13.9. The van der Waals surface area contributed by atoms with Crippen LogP contribution < -0.4 is 5.32 Å². The summed E-state index contributed by atoms with van der Waals surface area (Å²) in [6, 6.07) is 0.652. The Morgan fingerprint density at radius 3 is 2.50 bits per heavy atom. The first-order chi connectivity index (χ1) is 7.74. The average molecular weight is 228 g/mol. The Labute approximate surface area is 100 Å². The predicted octanol–water partition coefficient (Wildman–Crippen LogP) is 1.61. The van der Waals surface area contributed by atoms with E-state index < -0.39 is 0 Å². The molecule has 1 fully saturated rings. The van der Waals surface area contributed by atoms with E-state index in [0.717, 1.165) is 25.9 Å². The van der Waals surface area contributed by atoms with Crippen molar-refractivity contribution in [2.24, 2.45) is 0 Å². The van der Waals surface area contributed by atoms with Gasteiger partial charge in [-0.2, -0.15) is 0 Å². The van der Waals surface area contributed by atoms with E-state index in [0.29, 0.717) is 6.04 Å². The van der Waals surface area contributed by atoms with Crippen LogP contribution in [-0.2, 0) is 0 Å². The van der Waals surface area contributed by atoms with E-state index in [-0.39, 0.29) is 12.1 Å². The van der Waals surface area contributed by atoms with Crippen LogP contribution in [0.3, 0.4) is 0 Å². The van der Waals surface area contributed by atoms with Crippen LogP contribution in [-0.4, -0.2) is 47.8 Å². The van der Waals surface area contributed by atoms with Crippen molar-refractivity contribution in [2.45, 2.75) is 58.0 Å². The van der Waals surface area contributed by atoms with Crippen molar-refractivity contribution in [3.05, 3.63) is 0 Å². The lowest BCUT2D eigenvalue weighted by Gasteiger charge is -2.43. The lowest BCUT2D eigenvalue weighted by Crippen LogP contribution is -2.58. The normalized spacial score (nSPS) is 22.9. The van der Waals surface area contributed by atoms with Gasteiger partial charge in [-0.05, 0) is 38.8 Å². The summed E-state index contributed by atoms with van der Waals surface area (Å²) in [7, 11) is 0. The fourth-order valence-corrected chi connectivity index (χ4v) is 3.22. The number of likely N-dealkylation sites (tertiary alicyclic amines) is 1. The van der Waals surface area contributed by atoms with E-state index in [1.54, 1.807) is 0 Å². The number of aliphatic hydroxyl groups excluding tert-OH is 1. The standard InChI is InChI=1S/C13H28N2O/c1-4-13(5-2,14-9-11-16)12-8-7-10-15(12)6-3/h12,14,16H,4-11H2,1-3H3. The quantitative estimate of drug-likeness (QED) is 0.695. The van der Waals surface area contributed by atoms with Crippen LogP contribution in [0, 0.1) is 0 Å². The van der Waals surface area contributed by atoms with Gasteiger partial charge in [-0.3, -0.25) is 4.90 Å². The summed E-state index contributed by atoms with van der Waals surface area (Å²) in [6.07, 6.45) is 4.91. The minimum absolute atomic E-state index is 0.204. The third kappa shape index (κ3) is 2.76. The summed E-state index contributed by atoms with van der Waals surface area (Å²) in [5.74, 6) is 0. The van der Waals surface area contributed by atoms with Crippen molar-refractivity contribution in [2.75, 3.05) is 26.2 Å². The van der Waals surface area contributed by atoms with Gasteiger partial charge in [0.1, 0.15) is 0 Å². The second-order valence-electron chi connectivity index (χ2n) is 4.80. The van der Waals surface area contributed by atoms with Crippen molar-refractivity contribution in [3.8, 4) is 0 Å². The molecule has 0 bridgehead atoms. The second-order valence-corrected chi connectivity index (χ2v) is 4.80. The van der Waals surface area contributed by atoms with Crippen LogP contribution in [0.1, 0.15) is 46.5 Å². The van der Waals surface area contributed by atoms with Crippen molar-refractivity contribution in [1.29, 1.82) is 0 Å². The maximum Gasteiger partial charge on any atom is 0.0556 e. The number of nitrogens with zero attached hydrogens (tertiary/aromatic N) is 1. The minimum Gasteiger partial charge on any atom is -0.395 e. The highest BCUT2D eigenvalue weighted by Crippen LogP contribution is 2.31. The largest absolute Gasteiger partial charge is 0.395 e. The van der Waals surface area contributed by atoms with Gasteiger partial charge in [0.25, 0.3) is 0 Å². The van der Waals surface area contributed by atoms with E-state index in [4.69, 9.17) is 5.11 Å². The summed E-state index contributed by atoms with van der Waals surface area (Å²) in [5.41, 5.74) is 0.204. The van der Waals surface area contributed by atoms with Gasteiger partial charge in [0.05, 0.1) is 6.61 Å². The maximum atomic E-state index is 9.01. The zero-order chi connectivity index (χ0) is 12.0. The van der Waals surface area contributed by atoms with Crippen molar-refractivity contribution < 1.29 is 5.11 Å². The van der Waals surface area contributed by atoms with Gasteiger partial charge in [-0.15, -0.1) is 0 Å². The molecule has 0 amide bonds. The van der Waals surface area contributed by atoms with E-state index in [2.05, 4.69) is 31.0 Å². The molecule has 3 nitrogen and oxygen atoms in total. The number of nitrogens with one attached hydrogen (secondary N) is 1. The number of aliphatic hydroxyl groups is 1. The number of hydrogen-bond acceptors (Lipinski definition) is 3. The zero-order valence-electron chi connectivity index (χ0n) is 11.1. The Bertz CT molecular complexity index is 192. The molecule has 16 heavy (non-hydrogen) atoms. The van der Waals surface area contributed by atoms with Crippen LogP contribution in [0.25, 0.3) is 0 Å². The van der Waals surface area contributed by atoms with Crippen LogP contribution in [0.5, 0.6) is 0 Å². The van der Waals surface area contributed by atoms with Crippen LogP contribution in [0.2, 0.25) is 0 Å². The predicted molar refractivity (Wildman–Crippen MR) is 68.7 cm³/mol. The molecule has 1 aliphatic rings. The third-order valence-electron chi connectivity index (χ3n) is 4.26. The van der Waals surface area contributed by atoms with Gasteiger partial charge in [-0.25, -0.2) is 0 Å². The van der Waals surface area contributed by atoms with Gasteiger partial charge in [0.15, 0.2) is 0 Å². The highest BCUT2D eigenvalue weighted by Gasteiger charge is 2.40. The van der Waals surface area contributed by atoms with Gasteiger partial charge < -0.3 is 10.4 Å². The Morgan fingerprint density at radius 2 is 2.00 bits per heavy atom. The lowest BCUT2D eigenvalue weighted by molar-refractivity contribution is 0.119. The van der Waals surface area contributed by atoms with Crippen molar-refractivity contribution in [1.82, 2.24) is 10.2 Å². The monoisotopic (exact) mass is 228 g/mol. The lowest BCUT2D eigenvalue weighted by atomic mass is 9.83. The molecule has 1 atom stereocenters. The summed E-state index contributed by atoms with van der Waals surface area (Å²) in [4.78, 5) is 2.59. The first-order valence-electron chi connectivity index (χ1n) is 6.84. The Balaban J connectivity index is 2.73. The highest BCUT2D eigenvalue weighted by atomic mass is 16.3. The van der Waals surface area contributed by atoms with E-state index in [9.17, 15) is 0 Å². The summed E-state index contributed by atoms with van der Waals surface area (Å²) in [6.45, 7) is 10.1. The van der Waals surface area contributed by atoms with E-state index in [1.807, 2.05) is 0 Å². The zero-order valence-corrected chi connectivity index (χ0v) is 11.1. The molecule has 0 aliphatic carbocycles. The number of rotatable bonds is 7. The number of hydrogen-bond donors (Lipinski definition) is 2. The molecular formula is C13H28N2O. The van der Waals surface area contributed by atoms with Crippen molar-refractivity contribution >= 4 is 0 Å². The first-order valence-corrected chi connectivity index (χ1v) is 6.84. The summed E-state index contributed by atoms with van der Waals surface area (Å²) < 4.78 is 0. The molecule has 3 heteroatoms. The average Bonchev–Trinajstić information content (AvgIpc) is 2.80.